The van der Waals surface area contributed by atoms with Gasteiger partial charge in [0.15, 0.2) is 0 Å². The summed E-state index contributed by atoms with van der Waals surface area (Å²) in [7, 11) is 0. The molecule has 158 valence electrons. The van der Waals surface area contributed by atoms with Crippen LogP contribution < -0.4 is 0 Å². The van der Waals surface area contributed by atoms with Gasteiger partial charge in [0.25, 0.3) is 0 Å². The Hall–Kier alpha value is -4.10. The van der Waals surface area contributed by atoms with Crippen molar-refractivity contribution in [2.24, 2.45) is 0 Å². The van der Waals surface area contributed by atoms with E-state index in [0.717, 1.165) is 19.3 Å². The van der Waals surface area contributed by atoms with Crippen LogP contribution in [0, 0.1) is 0 Å². The molecule has 1 heteroatoms. The van der Waals surface area contributed by atoms with Crippen LogP contribution in [-0.4, -0.2) is 4.57 Å². The molecule has 0 N–H and O–H groups in total. The van der Waals surface area contributed by atoms with E-state index in [2.05, 4.69) is 95.6 Å². The minimum Gasteiger partial charge on any atom is -0.308 e. The molecule has 34 heavy (non-hydrogen) atoms. The molecule has 0 radical (unpaired) electrons. The summed E-state index contributed by atoms with van der Waals surface area (Å²) >= 11 is 0. The van der Waals surface area contributed by atoms with E-state index in [1.54, 1.807) is 0 Å². The quantitative estimate of drug-likeness (QED) is 0.231. The maximum Gasteiger partial charge on any atom is 0.0579 e. The molecule has 0 amide bonds. The van der Waals surface area contributed by atoms with Crippen LogP contribution in [0.25, 0.3) is 49.7 Å². The maximum atomic E-state index is 2.61. The zero-order chi connectivity index (χ0) is 22.0. The van der Waals surface area contributed by atoms with Crippen molar-refractivity contribution < 1.29 is 0 Å². The molecule has 1 nitrogen and oxygen atoms in total. The summed E-state index contributed by atoms with van der Waals surface area (Å²) in [5, 5.41) is 2.83. The third-order valence-electron chi connectivity index (χ3n) is 8.41. The van der Waals surface area contributed by atoms with Crippen LogP contribution in [0.3, 0.4) is 0 Å². The van der Waals surface area contributed by atoms with Crippen molar-refractivity contribution >= 4 is 21.8 Å². The van der Waals surface area contributed by atoms with Crippen LogP contribution in [-0.2, 0) is 19.3 Å². The Morgan fingerprint density at radius 3 is 1.91 bits per heavy atom. The maximum absolute atomic E-state index is 2.61. The van der Waals surface area contributed by atoms with Gasteiger partial charge in [0.05, 0.1) is 16.7 Å². The smallest absolute Gasteiger partial charge is 0.0579 e. The number of nitrogens with zero attached hydrogens (tertiary/aromatic N) is 1. The van der Waals surface area contributed by atoms with Crippen molar-refractivity contribution in [1.82, 2.24) is 4.57 Å². The number of fused-ring (bicyclic) bond motifs is 13. The molecule has 9 rings (SSSR count). The van der Waals surface area contributed by atoms with Gasteiger partial charge in [-0.25, -0.2) is 0 Å². The number of rotatable bonds is 0. The van der Waals surface area contributed by atoms with Gasteiger partial charge in [-0.2, -0.15) is 0 Å². The number of aromatic nitrogens is 1. The lowest BCUT2D eigenvalue weighted by Crippen LogP contribution is -2.10. The van der Waals surface area contributed by atoms with Gasteiger partial charge in [-0.3, -0.25) is 0 Å². The van der Waals surface area contributed by atoms with Gasteiger partial charge in [-0.05, 0) is 69.0 Å². The standard InChI is InChI=1S/C33H21N/c1-3-9-25-19(6-1)16-21-14-15-28-31(29(21)25)27-11-5-8-23-18-24-13-12-22-17-20-7-2-4-10-26(20)30(22)33(24)34(28)32(23)27/h1-15H,16-18H2. The summed E-state index contributed by atoms with van der Waals surface area (Å²) in [4.78, 5) is 0. The highest BCUT2D eigenvalue weighted by Crippen LogP contribution is 2.51. The first kappa shape index (κ1) is 17.4. The van der Waals surface area contributed by atoms with E-state index >= 15 is 0 Å². The van der Waals surface area contributed by atoms with Crippen molar-refractivity contribution in [3.05, 3.63) is 124 Å². The average molecular weight is 432 g/mol. The lowest BCUT2D eigenvalue weighted by Gasteiger charge is -2.24. The van der Waals surface area contributed by atoms with Gasteiger partial charge in [0, 0.05) is 22.8 Å². The SMILES string of the molecule is c1ccc2c(c1)Cc1ccc3c(c1-2)-n1c2ccc4c(c2c2cccc(c21)C3)-c1ccccc1C4. The number of hydrogen-bond donors (Lipinski definition) is 0. The fourth-order valence-electron chi connectivity index (χ4n) is 7.08. The fourth-order valence-corrected chi connectivity index (χ4v) is 7.08. The fraction of sp³-hybridized carbons (Fsp3) is 0.0909. The second-order valence-corrected chi connectivity index (χ2v) is 10.1. The Morgan fingerprint density at radius 2 is 1.09 bits per heavy atom. The normalized spacial score (nSPS) is 14.1. The zero-order valence-corrected chi connectivity index (χ0v) is 18.7. The number of hydrogen-bond acceptors (Lipinski definition) is 0. The summed E-state index contributed by atoms with van der Waals surface area (Å²) in [6, 6.07) is 34.4. The zero-order valence-electron chi connectivity index (χ0n) is 18.7. The summed E-state index contributed by atoms with van der Waals surface area (Å²) in [6.07, 6.45) is 3.07. The van der Waals surface area contributed by atoms with Gasteiger partial charge in [0.2, 0.25) is 0 Å². The molecule has 0 atom stereocenters. The molecule has 2 heterocycles. The van der Waals surface area contributed by atoms with E-state index in [9.17, 15) is 0 Å². The topological polar surface area (TPSA) is 4.93 Å². The largest absolute Gasteiger partial charge is 0.308 e. The highest BCUT2D eigenvalue weighted by molar-refractivity contribution is 6.19. The van der Waals surface area contributed by atoms with E-state index in [1.165, 1.54) is 83.1 Å². The van der Waals surface area contributed by atoms with E-state index in [0.29, 0.717) is 0 Å². The monoisotopic (exact) mass is 431 g/mol. The van der Waals surface area contributed by atoms with Crippen molar-refractivity contribution in [1.29, 1.82) is 0 Å². The van der Waals surface area contributed by atoms with Crippen LogP contribution in [0.15, 0.2) is 91.0 Å². The van der Waals surface area contributed by atoms with Crippen LogP contribution >= 0.6 is 0 Å². The van der Waals surface area contributed by atoms with E-state index in [1.807, 2.05) is 0 Å². The Labute approximate surface area is 197 Å². The predicted octanol–water partition coefficient (Wildman–Crippen LogP) is 7.83. The second kappa shape index (κ2) is 5.87. The van der Waals surface area contributed by atoms with Gasteiger partial charge in [-0.15, -0.1) is 0 Å². The first-order chi connectivity index (χ1) is 16.9. The molecule has 6 aromatic rings. The number of para-hydroxylation sites is 1. The first-order valence-electron chi connectivity index (χ1n) is 12.3. The molecule has 0 fully saturated rings. The molecular formula is C33H21N. The van der Waals surface area contributed by atoms with Crippen molar-refractivity contribution in [3.8, 4) is 27.9 Å². The lowest BCUT2D eigenvalue weighted by molar-refractivity contribution is 1.04. The molecule has 3 aliphatic rings. The summed E-state index contributed by atoms with van der Waals surface area (Å²) in [5.41, 5.74) is 18.6. The Kier molecular flexibility index (Phi) is 3.00. The Bertz CT molecular complexity index is 1880. The van der Waals surface area contributed by atoms with Crippen LogP contribution in [0.4, 0.5) is 0 Å². The molecule has 0 unspecified atom stereocenters. The molecular weight excluding hydrogens is 410 g/mol. The third kappa shape index (κ3) is 1.94. The molecule has 0 bridgehead atoms. The van der Waals surface area contributed by atoms with Crippen molar-refractivity contribution in [2.75, 3.05) is 0 Å². The Balaban J connectivity index is 1.49. The molecule has 0 saturated carbocycles. The molecule has 1 aromatic heterocycles. The third-order valence-corrected chi connectivity index (χ3v) is 8.41. The minimum absolute atomic E-state index is 0.997. The Morgan fingerprint density at radius 1 is 0.471 bits per heavy atom. The second-order valence-electron chi connectivity index (χ2n) is 10.1. The molecule has 1 aliphatic heterocycles. The minimum atomic E-state index is 0.997. The van der Waals surface area contributed by atoms with Crippen molar-refractivity contribution in [2.45, 2.75) is 19.3 Å². The van der Waals surface area contributed by atoms with Crippen LogP contribution in [0.1, 0.15) is 33.4 Å². The van der Waals surface area contributed by atoms with Crippen LogP contribution in [0.2, 0.25) is 0 Å². The predicted molar refractivity (Wildman–Crippen MR) is 140 cm³/mol. The highest BCUT2D eigenvalue weighted by atomic mass is 15.0. The molecule has 5 aromatic carbocycles. The first-order valence-corrected chi connectivity index (χ1v) is 12.3. The van der Waals surface area contributed by atoms with Gasteiger partial charge in [-0.1, -0.05) is 84.9 Å². The van der Waals surface area contributed by atoms with Gasteiger partial charge in [0.1, 0.15) is 0 Å². The van der Waals surface area contributed by atoms with Crippen LogP contribution in [0.5, 0.6) is 0 Å². The van der Waals surface area contributed by atoms with Gasteiger partial charge < -0.3 is 4.57 Å². The lowest BCUT2D eigenvalue weighted by atomic mass is 9.92. The summed E-state index contributed by atoms with van der Waals surface area (Å²) < 4.78 is 2.61. The van der Waals surface area contributed by atoms with E-state index in [-0.39, 0.29) is 0 Å². The highest BCUT2D eigenvalue weighted by Gasteiger charge is 2.31. The number of benzene rings is 5. The molecule has 0 saturated heterocycles. The van der Waals surface area contributed by atoms with E-state index in [4.69, 9.17) is 0 Å². The van der Waals surface area contributed by atoms with Crippen molar-refractivity contribution in [3.63, 3.8) is 0 Å². The molecule has 2 aliphatic carbocycles. The van der Waals surface area contributed by atoms with E-state index < -0.39 is 0 Å². The molecule has 0 spiro atoms. The summed E-state index contributed by atoms with van der Waals surface area (Å²) in [5.74, 6) is 0. The summed E-state index contributed by atoms with van der Waals surface area (Å²) in [6.45, 7) is 0. The average Bonchev–Trinajstić information content (AvgIpc) is 3.54. The van der Waals surface area contributed by atoms with Gasteiger partial charge >= 0.3 is 0 Å².